The Balaban J connectivity index is 1.69. The van der Waals surface area contributed by atoms with E-state index in [4.69, 9.17) is 9.47 Å². The third-order valence-electron chi connectivity index (χ3n) is 3.95. The predicted octanol–water partition coefficient (Wildman–Crippen LogP) is 1.64. The van der Waals surface area contributed by atoms with Gasteiger partial charge in [-0.15, -0.1) is 0 Å². The molecule has 5 heteroatoms. The summed E-state index contributed by atoms with van der Waals surface area (Å²) in [6, 6.07) is 1.85. The van der Waals surface area contributed by atoms with E-state index in [1.807, 2.05) is 13.0 Å². The van der Waals surface area contributed by atoms with Crippen LogP contribution in [0.1, 0.15) is 26.2 Å². The molecule has 3 rings (SSSR count). The molecule has 19 heavy (non-hydrogen) atoms. The normalized spacial score (nSPS) is 31.0. The monoisotopic (exact) mass is 263 g/mol. The number of anilines is 1. The van der Waals surface area contributed by atoms with Gasteiger partial charge in [0.15, 0.2) is 0 Å². The van der Waals surface area contributed by atoms with Crippen molar-refractivity contribution in [3.8, 4) is 0 Å². The van der Waals surface area contributed by atoms with E-state index in [1.165, 1.54) is 0 Å². The van der Waals surface area contributed by atoms with Crippen molar-refractivity contribution in [1.82, 2.24) is 9.97 Å². The van der Waals surface area contributed by atoms with E-state index in [1.54, 1.807) is 12.4 Å². The quantitative estimate of drug-likeness (QED) is 0.829. The van der Waals surface area contributed by atoms with Crippen LogP contribution in [-0.2, 0) is 9.47 Å². The highest BCUT2D eigenvalue weighted by Gasteiger charge is 2.44. The fourth-order valence-electron chi connectivity index (χ4n) is 3.15. The molecule has 1 aromatic rings. The lowest BCUT2D eigenvalue weighted by Gasteiger charge is -2.39. The molecule has 0 aromatic carbocycles. The topological polar surface area (TPSA) is 47.5 Å². The molecule has 0 bridgehead atoms. The van der Waals surface area contributed by atoms with Crippen molar-refractivity contribution in [3.05, 3.63) is 18.5 Å². The molecule has 0 saturated carbocycles. The van der Waals surface area contributed by atoms with Crippen molar-refractivity contribution in [1.29, 1.82) is 0 Å². The molecule has 2 unspecified atom stereocenters. The molecule has 104 valence electrons. The summed E-state index contributed by atoms with van der Waals surface area (Å²) in [5.74, 6) is 0.810. The highest BCUT2D eigenvalue weighted by molar-refractivity contribution is 5.31. The van der Waals surface area contributed by atoms with Crippen LogP contribution in [0.15, 0.2) is 18.5 Å². The van der Waals surface area contributed by atoms with E-state index in [9.17, 15) is 0 Å². The van der Waals surface area contributed by atoms with Crippen LogP contribution >= 0.6 is 0 Å². The van der Waals surface area contributed by atoms with Gasteiger partial charge < -0.3 is 14.4 Å². The van der Waals surface area contributed by atoms with Crippen molar-refractivity contribution >= 4 is 5.95 Å². The Kier molecular flexibility index (Phi) is 3.66. The number of aromatic nitrogens is 2. The molecule has 5 nitrogen and oxygen atoms in total. The molecule has 2 atom stereocenters. The van der Waals surface area contributed by atoms with Crippen molar-refractivity contribution in [2.75, 3.05) is 31.2 Å². The summed E-state index contributed by atoms with van der Waals surface area (Å²) >= 11 is 0. The second-order valence-electron chi connectivity index (χ2n) is 5.35. The summed E-state index contributed by atoms with van der Waals surface area (Å²) in [6.07, 6.45) is 7.06. The molecule has 2 aliphatic rings. The second-order valence-corrected chi connectivity index (χ2v) is 5.35. The molecular formula is C14H21N3O2. The van der Waals surface area contributed by atoms with Crippen LogP contribution in [0.25, 0.3) is 0 Å². The first-order chi connectivity index (χ1) is 9.31. The Morgan fingerprint density at radius 3 is 3.11 bits per heavy atom. The van der Waals surface area contributed by atoms with Crippen LogP contribution in [-0.4, -0.2) is 48.0 Å². The van der Waals surface area contributed by atoms with Gasteiger partial charge in [-0.1, -0.05) is 0 Å². The molecule has 1 aromatic heterocycles. The highest BCUT2D eigenvalue weighted by Crippen LogP contribution is 2.36. The summed E-state index contributed by atoms with van der Waals surface area (Å²) in [5.41, 5.74) is -0.0582. The summed E-state index contributed by atoms with van der Waals surface area (Å²) in [6.45, 7) is 5.40. The molecule has 2 saturated heterocycles. The predicted molar refractivity (Wildman–Crippen MR) is 72.2 cm³/mol. The molecule has 2 aliphatic heterocycles. The lowest BCUT2D eigenvalue weighted by Crippen LogP contribution is -2.48. The summed E-state index contributed by atoms with van der Waals surface area (Å²) in [7, 11) is 0. The fourth-order valence-corrected chi connectivity index (χ4v) is 3.15. The van der Waals surface area contributed by atoms with Gasteiger partial charge in [-0.25, -0.2) is 9.97 Å². The van der Waals surface area contributed by atoms with Gasteiger partial charge >= 0.3 is 0 Å². The standard InChI is InChI=1S/C14H21N3O2/c1-2-18-12-9-14(19-10-12)5-3-8-17(11-14)13-15-6-4-7-16-13/h4,6-7,12H,2-3,5,8-11H2,1H3. The number of ether oxygens (including phenoxy) is 2. The average Bonchev–Trinajstić information content (AvgIpc) is 2.83. The first kappa shape index (κ1) is 12.8. The molecule has 3 heterocycles. The maximum Gasteiger partial charge on any atom is 0.225 e. The van der Waals surface area contributed by atoms with Crippen molar-refractivity contribution in [2.24, 2.45) is 0 Å². The molecule has 1 spiro atoms. The first-order valence-corrected chi connectivity index (χ1v) is 7.09. The number of piperidine rings is 1. The van der Waals surface area contributed by atoms with Gasteiger partial charge in [-0.3, -0.25) is 0 Å². The van der Waals surface area contributed by atoms with E-state index < -0.39 is 0 Å². The van der Waals surface area contributed by atoms with Gasteiger partial charge in [0.1, 0.15) is 0 Å². The van der Waals surface area contributed by atoms with Gasteiger partial charge in [0.05, 0.1) is 18.3 Å². The molecular weight excluding hydrogens is 242 g/mol. The van der Waals surface area contributed by atoms with Crippen molar-refractivity contribution < 1.29 is 9.47 Å². The summed E-state index contributed by atoms with van der Waals surface area (Å²) < 4.78 is 11.8. The zero-order chi connectivity index (χ0) is 13.1. The highest BCUT2D eigenvalue weighted by atomic mass is 16.6. The lowest BCUT2D eigenvalue weighted by atomic mass is 9.89. The van der Waals surface area contributed by atoms with E-state index in [0.29, 0.717) is 0 Å². The third-order valence-corrected chi connectivity index (χ3v) is 3.95. The second kappa shape index (κ2) is 5.43. The fraction of sp³-hybridized carbons (Fsp3) is 0.714. The Hall–Kier alpha value is -1.20. The maximum atomic E-state index is 6.08. The minimum Gasteiger partial charge on any atom is -0.376 e. The Bertz CT molecular complexity index is 414. The summed E-state index contributed by atoms with van der Waals surface area (Å²) in [5, 5.41) is 0. The zero-order valence-corrected chi connectivity index (χ0v) is 11.4. The Morgan fingerprint density at radius 1 is 1.47 bits per heavy atom. The van der Waals surface area contributed by atoms with Gasteiger partial charge in [0, 0.05) is 38.5 Å². The van der Waals surface area contributed by atoms with Crippen molar-refractivity contribution in [2.45, 2.75) is 37.9 Å². The molecule has 0 radical (unpaired) electrons. The van der Waals surface area contributed by atoms with Gasteiger partial charge in [-0.05, 0) is 25.8 Å². The van der Waals surface area contributed by atoms with Crippen LogP contribution < -0.4 is 4.90 Å². The summed E-state index contributed by atoms with van der Waals surface area (Å²) in [4.78, 5) is 10.9. The van der Waals surface area contributed by atoms with E-state index in [2.05, 4.69) is 14.9 Å². The molecule has 0 aliphatic carbocycles. The first-order valence-electron chi connectivity index (χ1n) is 7.09. The molecule has 0 amide bonds. The van der Waals surface area contributed by atoms with E-state index >= 15 is 0 Å². The van der Waals surface area contributed by atoms with Crippen LogP contribution in [0.4, 0.5) is 5.95 Å². The smallest absolute Gasteiger partial charge is 0.225 e. The Morgan fingerprint density at radius 2 is 2.32 bits per heavy atom. The minimum atomic E-state index is -0.0582. The minimum absolute atomic E-state index is 0.0582. The lowest BCUT2D eigenvalue weighted by molar-refractivity contribution is -0.0119. The van der Waals surface area contributed by atoms with Crippen LogP contribution in [0.2, 0.25) is 0 Å². The number of rotatable bonds is 3. The SMILES string of the molecule is CCOC1COC2(CCCN(c3ncccn3)C2)C1. The van der Waals surface area contributed by atoms with Gasteiger partial charge in [0.25, 0.3) is 0 Å². The third kappa shape index (κ3) is 2.72. The van der Waals surface area contributed by atoms with E-state index in [-0.39, 0.29) is 11.7 Å². The van der Waals surface area contributed by atoms with Gasteiger partial charge in [0.2, 0.25) is 5.95 Å². The maximum absolute atomic E-state index is 6.08. The van der Waals surface area contributed by atoms with Crippen LogP contribution in [0.5, 0.6) is 0 Å². The van der Waals surface area contributed by atoms with Crippen LogP contribution in [0, 0.1) is 0 Å². The average molecular weight is 263 g/mol. The molecule has 2 fully saturated rings. The van der Waals surface area contributed by atoms with Gasteiger partial charge in [-0.2, -0.15) is 0 Å². The van der Waals surface area contributed by atoms with E-state index in [0.717, 1.165) is 51.5 Å². The van der Waals surface area contributed by atoms with Crippen molar-refractivity contribution in [3.63, 3.8) is 0 Å². The zero-order valence-electron chi connectivity index (χ0n) is 11.4. The number of hydrogen-bond acceptors (Lipinski definition) is 5. The number of nitrogens with zero attached hydrogens (tertiary/aromatic N) is 3. The molecule has 0 N–H and O–H groups in total. The number of hydrogen-bond donors (Lipinski definition) is 0. The Labute approximate surface area is 113 Å². The van der Waals surface area contributed by atoms with Crippen LogP contribution in [0.3, 0.4) is 0 Å². The largest absolute Gasteiger partial charge is 0.376 e.